The highest BCUT2D eigenvalue weighted by molar-refractivity contribution is 7.89. The number of rotatable bonds is 3. The Kier molecular flexibility index (Phi) is 4.67. The van der Waals surface area contributed by atoms with Crippen LogP contribution in [0.2, 0.25) is 0 Å². The lowest BCUT2D eigenvalue weighted by atomic mass is 10.2. The van der Waals surface area contributed by atoms with Gasteiger partial charge in [-0.2, -0.15) is 4.31 Å². The summed E-state index contributed by atoms with van der Waals surface area (Å²) < 4.78 is 27.1. The molecule has 1 atom stereocenters. The van der Waals surface area contributed by atoms with Crippen LogP contribution >= 0.6 is 0 Å². The number of phenols is 1. The molecule has 1 heterocycles. The van der Waals surface area contributed by atoms with Crippen molar-refractivity contribution in [3.63, 3.8) is 0 Å². The number of sulfonamides is 1. The molecule has 0 radical (unpaired) electrons. The number of hydrogen-bond donors (Lipinski definition) is 1. The van der Waals surface area contributed by atoms with Crippen molar-refractivity contribution in [3.8, 4) is 5.75 Å². The number of likely N-dealkylation sites (N-methyl/N-ethyl adjacent to an activating group) is 1. The molecule has 0 spiro atoms. The monoisotopic (exact) mass is 298 g/mol. The first-order valence-corrected chi connectivity index (χ1v) is 8.38. The van der Waals surface area contributed by atoms with Crippen molar-refractivity contribution < 1.29 is 13.5 Å². The van der Waals surface area contributed by atoms with Crippen LogP contribution in [0.15, 0.2) is 29.2 Å². The zero-order chi connectivity index (χ0) is 14.8. The molecule has 0 aliphatic carbocycles. The van der Waals surface area contributed by atoms with Crippen LogP contribution in [0, 0.1) is 0 Å². The highest BCUT2D eigenvalue weighted by Gasteiger charge is 2.32. The molecule has 1 aromatic rings. The number of phenolic OH excluding ortho intramolecular Hbond substituents is 1. The van der Waals surface area contributed by atoms with Crippen molar-refractivity contribution in [1.82, 2.24) is 9.21 Å². The standard InChI is InChI=1S/C14H22N2O3S/c1-3-12-11-15(2)9-4-10-16(12)20(18,19)14-7-5-13(17)6-8-14/h5-8,12,17H,3-4,9-11H2,1-2H3. The van der Waals surface area contributed by atoms with Crippen molar-refractivity contribution in [2.24, 2.45) is 0 Å². The molecule has 0 aromatic heterocycles. The molecule has 112 valence electrons. The Labute approximate surface area is 120 Å². The predicted molar refractivity (Wildman–Crippen MR) is 78.2 cm³/mol. The van der Waals surface area contributed by atoms with Crippen LogP contribution in [0.5, 0.6) is 5.75 Å². The maximum atomic E-state index is 12.8. The number of hydrogen-bond acceptors (Lipinski definition) is 4. The van der Waals surface area contributed by atoms with Gasteiger partial charge in [0.2, 0.25) is 10.0 Å². The van der Waals surface area contributed by atoms with Gasteiger partial charge < -0.3 is 10.0 Å². The van der Waals surface area contributed by atoms with E-state index in [1.54, 1.807) is 4.31 Å². The fourth-order valence-corrected chi connectivity index (χ4v) is 4.35. The lowest BCUT2D eigenvalue weighted by molar-refractivity contribution is 0.270. The SMILES string of the molecule is CCC1CN(C)CCCN1S(=O)(=O)c1ccc(O)cc1. The van der Waals surface area contributed by atoms with Gasteiger partial charge in [-0.25, -0.2) is 8.42 Å². The summed E-state index contributed by atoms with van der Waals surface area (Å²) in [5, 5.41) is 9.30. The summed E-state index contributed by atoms with van der Waals surface area (Å²) in [6.07, 6.45) is 1.63. The molecule has 1 aromatic carbocycles. The van der Waals surface area contributed by atoms with Crippen molar-refractivity contribution in [3.05, 3.63) is 24.3 Å². The zero-order valence-corrected chi connectivity index (χ0v) is 12.8. The Hall–Kier alpha value is -1.11. The lowest BCUT2D eigenvalue weighted by Crippen LogP contribution is -2.43. The summed E-state index contributed by atoms with van der Waals surface area (Å²) in [7, 11) is -1.46. The molecule has 1 aliphatic rings. The third kappa shape index (κ3) is 3.13. The maximum absolute atomic E-state index is 12.8. The fraction of sp³-hybridized carbons (Fsp3) is 0.571. The molecular weight excluding hydrogens is 276 g/mol. The van der Waals surface area contributed by atoms with E-state index in [-0.39, 0.29) is 16.7 Å². The largest absolute Gasteiger partial charge is 0.508 e. The predicted octanol–water partition coefficient (Wildman–Crippen LogP) is 1.50. The average Bonchev–Trinajstić information content (AvgIpc) is 2.61. The van der Waals surface area contributed by atoms with E-state index in [2.05, 4.69) is 4.90 Å². The van der Waals surface area contributed by atoms with E-state index in [1.807, 2.05) is 14.0 Å². The maximum Gasteiger partial charge on any atom is 0.243 e. The molecule has 1 aliphatic heterocycles. The summed E-state index contributed by atoms with van der Waals surface area (Å²) >= 11 is 0. The topological polar surface area (TPSA) is 60.9 Å². The van der Waals surface area contributed by atoms with Crippen molar-refractivity contribution in [2.45, 2.75) is 30.7 Å². The Morgan fingerprint density at radius 3 is 2.50 bits per heavy atom. The third-order valence-corrected chi connectivity index (χ3v) is 5.73. The summed E-state index contributed by atoms with van der Waals surface area (Å²) in [5.74, 6) is 0.0755. The zero-order valence-electron chi connectivity index (χ0n) is 12.0. The molecule has 1 unspecified atom stereocenters. The Balaban J connectivity index is 2.33. The molecular formula is C14H22N2O3S. The van der Waals surface area contributed by atoms with Crippen LogP contribution in [0.25, 0.3) is 0 Å². The van der Waals surface area contributed by atoms with Crippen molar-refractivity contribution in [2.75, 3.05) is 26.7 Å². The minimum atomic E-state index is -3.49. The van der Waals surface area contributed by atoms with Gasteiger partial charge in [-0.1, -0.05) is 6.92 Å². The van der Waals surface area contributed by atoms with Gasteiger partial charge in [-0.05, 0) is 50.7 Å². The minimum Gasteiger partial charge on any atom is -0.508 e. The smallest absolute Gasteiger partial charge is 0.243 e. The molecule has 0 bridgehead atoms. The summed E-state index contributed by atoms with van der Waals surface area (Å²) in [5.41, 5.74) is 0. The first-order chi connectivity index (χ1) is 9.45. The van der Waals surface area contributed by atoms with Crippen LogP contribution < -0.4 is 0 Å². The van der Waals surface area contributed by atoms with E-state index in [9.17, 15) is 13.5 Å². The average molecular weight is 298 g/mol. The molecule has 1 N–H and O–H groups in total. The molecule has 1 fully saturated rings. The van der Waals surface area contributed by atoms with Crippen molar-refractivity contribution in [1.29, 1.82) is 0 Å². The first kappa shape index (κ1) is 15.3. The van der Waals surface area contributed by atoms with Crippen LogP contribution in [0.4, 0.5) is 0 Å². The van der Waals surface area contributed by atoms with Crippen LogP contribution in [-0.2, 0) is 10.0 Å². The van der Waals surface area contributed by atoms with Gasteiger partial charge in [0.15, 0.2) is 0 Å². The quantitative estimate of drug-likeness (QED) is 0.918. The summed E-state index contributed by atoms with van der Waals surface area (Å²) in [6.45, 7) is 4.24. The molecule has 2 rings (SSSR count). The highest BCUT2D eigenvalue weighted by atomic mass is 32.2. The van der Waals surface area contributed by atoms with Gasteiger partial charge in [0, 0.05) is 19.1 Å². The molecule has 5 nitrogen and oxygen atoms in total. The Morgan fingerprint density at radius 2 is 1.90 bits per heavy atom. The van der Waals surface area contributed by atoms with Gasteiger partial charge in [-0.3, -0.25) is 0 Å². The Morgan fingerprint density at radius 1 is 1.25 bits per heavy atom. The van der Waals surface area contributed by atoms with Gasteiger partial charge >= 0.3 is 0 Å². The summed E-state index contributed by atoms with van der Waals surface area (Å²) in [6, 6.07) is 5.76. The summed E-state index contributed by atoms with van der Waals surface area (Å²) in [4.78, 5) is 2.43. The van der Waals surface area contributed by atoms with Gasteiger partial charge in [0.1, 0.15) is 5.75 Å². The minimum absolute atomic E-state index is 0.00121. The number of nitrogens with zero attached hydrogens (tertiary/aromatic N) is 2. The molecule has 6 heteroatoms. The van der Waals surface area contributed by atoms with E-state index < -0.39 is 10.0 Å². The Bertz CT molecular complexity index is 542. The van der Waals surface area contributed by atoms with E-state index in [0.717, 1.165) is 25.9 Å². The molecule has 0 saturated carbocycles. The molecule has 20 heavy (non-hydrogen) atoms. The van der Waals surface area contributed by atoms with Gasteiger partial charge in [0.25, 0.3) is 0 Å². The van der Waals surface area contributed by atoms with E-state index in [4.69, 9.17) is 0 Å². The second-order valence-corrected chi connectivity index (χ2v) is 7.18. The normalized spacial score (nSPS) is 22.6. The number of aromatic hydroxyl groups is 1. The van der Waals surface area contributed by atoms with E-state index >= 15 is 0 Å². The highest BCUT2D eigenvalue weighted by Crippen LogP contribution is 2.23. The lowest BCUT2D eigenvalue weighted by Gasteiger charge is -2.29. The fourth-order valence-electron chi connectivity index (χ4n) is 2.62. The van der Waals surface area contributed by atoms with Gasteiger partial charge in [0.05, 0.1) is 4.90 Å². The first-order valence-electron chi connectivity index (χ1n) is 6.94. The second kappa shape index (κ2) is 6.11. The van der Waals surface area contributed by atoms with Crippen LogP contribution in [0.1, 0.15) is 19.8 Å². The van der Waals surface area contributed by atoms with Crippen LogP contribution in [0.3, 0.4) is 0 Å². The van der Waals surface area contributed by atoms with E-state index in [0.29, 0.717) is 6.54 Å². The van der Waals surface area contributed by atoms with Crippen LogP contribution in [-0.4, -0.2) is 55.5 Å². The molecule has 0 amide bonds. The third-order valence-electron chi connectivity index (χ3n) is 3.76. The van der Waals surface area contributed by atoms with Gasteiger partial charge in [-0.15, -0.1) is 0 Å². The second-order valence-electron chi connectivity index (χ2n) is 5.29. The van der Waals surface area contributed by atoms with Crippen molar-refractivity contribution >= 4 is 10.0 Å². The van der Waals surface area contributed by atoms with E-state index in [1.165, 1.54) is 24.3 Å². The molecule has 1 saturated heterocycles. The number of benzene rings is 1.